The highest BCUT2D eigenvalue weighted by Crippen LogP contribution is 2.51. The second-order valence-electron chi connectivity index (χ2n) is 6.66. The van der Waals surface area contributed by atoms with Crippen LogP contribution in [0.15, 0.2) is 108 Å². The van der Waals surface area contributed by atoms with Crippen molar-refractivity contribution in [1.82, 2.24) is 0 Å². The highest BCUT2D eigenvalue weighted by Gasteiger charge is 2.19. The van der Waals surface area contributed by atoms with Crippen LogP contribution in [0.4, 0.5) is 0 Å². The third kappa shape index (κ3) is 5.04. The molecule has 0 bridgehead atoms. The van der Waals surface area contributed by atoms with Crippen LogP contribution in [0.1, 0.15) is 0 Å². The zero-order chi connectivity index (χ0) is 22.7. The minimum Gasteiger partial charge on any atom is -0.508 e. The van der Waals surface area contributed by atoms with Crippen molar-refractivity contribution in [1.29, 1.82) is 0 Å². The van der Waals surface area contributed by atoms with Crippen molar-refractivity contribution in [2.75, 3.05) is 0 Å². The molecule has 162 valence electrons. The summed E-state index contributed by atoms with van der Waals surface area (Å²) in [7, 11) is 0. The minimum atomic E-state index is -0.0517. The molecule has 4 aromatic rings. The Kier molecular flexibility index (Phi) is 6.64. The Morgan fingerprint density at radius 2 is 1.06 bits per heavy atom. The average molecular weight is 483 g/mol. The monoisotopic (exact) mass is 482 g/mol. The lowest BCUT2D eigenvalue weighted by Crippen LogP contribution is -1.87. The van der Waals surface area contributed by atoms with Crippen molar-refractivity contribution in [3.8, 4) is 28.7 Å². The summed E-state index contributed by atoms with van der Waals surface area (Å²) in [5, 5.41) is 50.7. The fourth-order valence-electron chi connectivity index (χ4n) is 2.83. The van der Waals surface area contributed by atoms with Gasteiger partial charge >= 0.3 is 0 Å². The summed E-state index contributed by atoms with van der Waals surface area (Å²) >= 11 is 3.85. The zero-order valence-corrected chi connectivity index (χ0v) is 18.9. The third-order valence-electron chi connectivity index (χ3n) is 4.33. The zero-order valence-electron chi connectivity index (χ0n) is 16.5. The van der Waals surface area contributed by atoms with E-state index in [4.69, 9.17) is 0 Å². The van der Waals surface area contributed by atoms with Gasteiger partial charge in [-0.05, 0) is 66.7 Å². The second-order valence-corrected chi connectivity index (χ2v) is 9.88. The van der Waals surface area contributed by atoms with Gasteiger partial charge in [0.15, 0.2) is 0 Å². The standard InChI is InChI=1S/C24H18O5S3/c25-14-7-9-16(10-8-14)30-23-20(29)11-12-21(32-22-18(27)5-2-6-19(22)28)24(23)31-17-4-1-3-15(26)13-17/h1-13,25-29H. The third-order valence-corrected chi connectivity index (χ3v) is 8.02. The SMILES string of the molecule is Oc1ccc(Sc2c(O)ccc(Sc3c(O)cccc3O)c2Sc2cccc(O)c2)cc1. The number of aromatic hydroxyl groups is 5. The second kappa shape index (κ2) is 9.60. The van der Waals surface area contributed by atoms with E-state index in [1.54, 1.807) is 60.7 Å². The van der Waals surface area contributed by atoms with Crippen LogP contribution < -0.4 is 0 Å². The van der Waals surface area contributed by atoms with Crippen LogP contribution >= 0.6 is 35.3 Å². The predicted octanol–water partition coefficient (Wildman–Crippen LogP) is 6.67. The molecule has 0 radical (unpaired) electrons. The Bertz CT molecular complexity index is 1240. The van der Waals surface area contributed by atoms with E-state index >= 15 is 0 Å². The molecule has 32 heavy (non-hydrogen) atoms. The molecule has 0 atom stereocenters. The van der Waals surface area contributed by atoms with Gasteiger partial charge in [-0.3, -0.25) is 0 Å². The Balaban J connectivity index is 1.82. The quantitative estimate of drug-likeness (QED) is 0.208. The van der Waals surface area contributed by atoms with Crippen LogP contribution in [0.25, 0.3) is 0 Å². The first-order valence-corrected chi connectivity index (χ1v) is 11.8. The van der Waals surface area contributed by atoms with Crippen LogP contribution in [0.5, 0.6) is 28.7 Å². The minimum absolute atomic E-state index is 0.0517. The van der Waals surface area contributed by atoms with Crippen LogP contribution in [-0.2, 0) is 0 Å². The summed E-state index contributed by atoms with van der Waals surface area (Å²) in [5.41, 5.74) is 0. The molecular weight excluding hydrogens is 464 g/mol. The highest BCUT2D eigenvalue weighted by atomic mass is 32.2. The first-order valence-electron chi connectivity index (χ1n) is 9.39. The van der Waals surface area contributed by atoms with Crippen LogP contribution in [0, 0.1) is 0 Å². The van der Waals surface area contributed by atoms with Crippen molar-refractivity contribution < 1.29 is 25.5 Å². The largest absolute Gasteiger partial charge is 0.508 e. The summed E-state index contributed by atoms with van der Waals surface area (Å²) in [6.45, 7) is 0. The molecule has 5 nitrogen and oxygen atoms in total. The number of benzene rings is 4. The van der Waals surface area contributed by atoms with Crippen molar-refractivity contribution in [3.05, 3.63) is 78.9 Å². The first kappa shape index (κ1) is 22.1. The normalized spacial score (nSPS) is 10.9. The molecule has 4 aromatic carbocycles. The van der Waals surface area contributed by atoms with Gasteiger partial charge in [0.05, 0.1) is 9.79 Å². The van der Waals surface area contributed by atoms with E-state index in [2.05, 4.69) is 0 Å². The molecule has 0 fully saturated rings. The van der Waals surface area contributed by atoms with Gasteiger partial charge in [0.25, 0.3) is 0 Å². The fraction of sp³-hybridized carbons (Fsp3) is 0. The van der Waals surface area contributed by atoms with Gasteiger partial charge in [0.2, 0.25) is 0 Å². The lowest BCUT2D eigenvalue weighted by atomic mass is 10.3. The molecule has 0 aliphatic heterocycles. The summed E-state index contributed by atoms with van der Waals surface area (Å²) in [6.07, 6.45) is 0. The Hall–Kier alpha value is -3.07. The van der Waals surface area contributed by atoms with E-state index in [9.17, 15) is 25.5 Å². The summed E-state index contributed by atoms with van der Waals surface area (Å²) in [5.74, 6) is 0.229. The number of phenolic OH excluding ortho intramolecular Hbond substituents is 5. The van der Waals surface area contributed by atoms with Gasteiger partial charge in [-0.15, -0.1) is 0 Å². The summed E-state index contributed by atoms with van der Waals surface area (Å²) < 4.78 is 0. The van der Waals surface area contributed by atoms with E-state index in [-0.39, 0.29) is 28.7 Å². The number of hydrogen-bond acceptors (Lipinski definition) is 8. The molecule has 0 heterocycles. The summed E-state index contributed by atoms with van der Waals surface area (Å²) in [6, 6.07) is 21.2. The maximum absolute atomic E-state index is 10.7. The van der Waals surface area contributed by atoms with Crippen molar-refractivity contribution in [2.24, 2.45) is 0 Å². The molecule has 0 aromatic heterocycles. The molecule has 0 aliphatic rings. The van der Waals surface area contributed by atoms with E-state index in [1.165, 1.54) is 47.4 Å². The maximum atomic E-state index is 10.7. The molecule has 0 saturated heterocycles. The maximum Gasteiger partial charge on any atom is 0.133 e. The molecule has 0 unspecified atom stereocenters. The fourth-order valence-corrected chi connectivity index (χ4v) is 6.11. The molecule has 0 amide bonds. The number of phenols is 5. The molecule has 0 spiro atoms. The van der Waals surface area contributed by atoms with Crippen molar-refractivity contribution >= 4 is 35.3 Å². The van der Waals surface area contributed by atoms with Crippen molar-refractivity contribution in [2.45, 2.75) is 29.4 Å². The molecule has 4 rings (SSSR count). The Labute approximate surface area is 197 Å². The molecule has 5 N–H and O–H groups in total. The van der Waals surface area contributed by atoms with Gasteiger partial charge in [-0.25, -0.2) is 0 Å². The van der Waals surface area contributed by atoms with E-state index in [1.807, 2.05) is 6.07 Å². The van der Waals surface area contributed by atoms with Crippen LogP contribution in [0.2, 0.25) is 0 Å². The van der Waals surface area contributed by atoms with Gasteiger partial charge in [0, 0.05) is 19.6 Å². The number of hydrogen-bond donors (Lipinski definition) is 5. The van der Waals surface area contributed by atoms with E-state index in [0.717, 1.165) is 9.79 Å². The van der Waals surface area contributed by atoms with E-state index in [0.29, 0.717) is 19.6 Å². The Morgan fingerprint density at radius 3 is 1.75 bits per heavy atom. The highest BCUT2D eigenvalue weighted by molar-refractivity contribution is 8.04. The van der Waals surface area contributed by atoms with Gasteiger partial charge in [-0.1, -0.05) is 47.4 Å². The topological polar surface area (TPSA) is 101 Å². The number of rotatable bonds is 6. The predicted molar refractivity (Wildman–Crippen MR) is 126 cm³/mol. The van der Waals surface area contributed by atoms with Crippen LogP contribution in [0.3, 0.4) is 0 Å². The van der Waals surface area contributed by atoms with Gasteiger partial charge in [-0.2, -0.15) is 0 Å². The molecule has 8 heteroatoms. The Morgan fingerprint density at radius 1 is 0.438 bits per heavy atom. The first-order chi connectivity index (χ1) is 15.4. The van der Waals surface area contributed by atoms with E-state index < -0.39 is 0 Å². The lowest BCUT2D eigenvalue weighted by Gasteiger charge is -2.16. The van der Waals surface area contributed by atoms with Crippen molar-refractivity contribution in [3.63, 3.8) is 0 Å². The summed E-state index contributed by atoms with van der Waals surface area (Å²) in [4.78, 5) is 3.84. The van der Waals surface area contributed by atoms with Gasteiger partial charge in [0.1, 0.15) is 28.7 Å². The lowest BCUT2D eigenvalue weighted by molar-refractivity contribution is 0.428. The molecular formula is C24H18O5S3. The average Bonchev–Trinajstić information content (AvgIpc) is 2.76. The van der Waals surface area contributed by atoms with Crippen LogP contribution in [-0.4, -0.2) is 25.5 Å². The van der Waals surface area contributed by atoms with Gasteiger partial charge < -0.3 is 25.5 Å². The molecule has 0 aliphatic carbocycles. The smallest absolute Gasteiger partial charge is 0.133 e. The molecule has 0 saturated carbocycles.